The van der Waals surface area contributed by atoms with Gasteiger partial charge in [-0.3, -0.25) is 4.79 Å². The first-order valence-electron chi connectivity index (χ1n) is 11.3. The summed E-state index contributed by atoms with van der Waals surface area (Å²) >= 11 is 0. The number of halogens is 4. The van der Waals surface area contributed by atoms with E-state index in [0.717, 1.165) is 5.69 Å². The van der Waals surface area contributed by atoms with E-state index in [1.165, 1.54) is 36.2 Å². The normalized spacial score (nSPS) is 16.0. The first-order chi connectivity index (χ1) is 17.6. The van der Waals surface area contributed by atoms with Gasteiger partial charge in [0.05, 0.1) is 30.9 Å². The van der Waals surface area contributed by atoms with Crippen molar-refractivity contribution >= 4 is 11.6 Å². The van der Waals surface area contributed by atoms with E-state index >= 15 is 0 Å². The summed E-state index contributed by atoms with van der Waals surface area (Å²) in [5.41, 5.74) is 2.32. The molecule has 0 fully saturated rings. The van der Waals surface area contributed by atoms with Gasteiger partial charge in [0.15, 0.2) is 0 Å². The highest BCUT2D eigenvalue weighted by molar-refractivity contribution is 5.97. The van der Waals surface area contributed by atoms with Crippen molar-refractivity contribution in [2.45, 2.75) is 32.0 Å². The molecule has 37 heavy (non-hydrogen) atoms. The van der Waals surface area contributed by atoms with Gasteiger partial charge >= 0.3 is 6.18 Å². The topological polar surface area (TPSA) is 91.0 Å². The summed E-state index contributed by atoms with van der Waals surface area (Å²) in [6.45, 7) is 0.265. The second-order valence-corrected chi connectivity index (χ2v) is 8.61. The molecule has 5 rings (SSSR count). The Bertz CT molecular complexity index is 1460. The number of carbonyl (C=O) groups is 1. The lowest BCUT2D eigenvalue weighted by Crippen LogP contribution is -2.42. The van der Waals surface area contributed by atoms with Crippen LogP contribution in [0.3, 0.4) is 0 Å². The molecular weight excluding hydrogens is 494 g/mol. The Morgan fingerprint density at radius 3 is 2.59 bits per heavy atom. The fourth-order valence-electron chi connectivity index (χ4n) is 4.39. The number of ether oxygens (including phenoxy) is 1. The van der Waals surface area contributed by atoms with Gasteiger partial charge in [0.25, 0.3) is 5.91 Å². The molecule has 0 bridgehead atoms. The Hall–Kier alpha value is -4.29. The van der Waals surface area contributed by atoms with E-state index in [2.05, 4.69) is 20.6 Å². The number of amides is 1. The van der Waals surface area contributed by atoms with Crippen LogP contribution in [0.15, 0.2) is 48.8 Å². The van der Waals surface area contributed by atoms with Gasteiger partial charge in [-0.25, -0.2) is 13.8 Å². The molecule has 1 atom stereocenters. The lowest BCUT2D eigenvalue weighted by Gasteiger charge is -2.26. The van der Waals surface area contributed by atoms with E-state index in [1.807, 2.05) is 0 Å². The number of fused-ring (bicyclic) bond motifs is 1. The molecule has 0 saturated heterocycles. The quantitative estimate of drug-likeness (QED) is 0.373. The number of rotatable bonds is 5. The van der Waals surface area contributed by atoms with Crippen LogP contribution in [0.2, 0.25) is 0 Å². The van der Waals surface area contributed by atoms with Crippen molar-refractivity contribution in [1.29, 1.82) is 0 Å². The average molecular weight is 515 g/mol. The molecule has 0 saturated carbocycles. The molecule has 0 spiro atoms. The minimum Gasteiger partial charge on any atom is -0.494 e. The Labute approximate surface area is 208 Å². The first-order valence-corrected chi connectivity index (χ1v) is 11.3. The molecular formula is C24H21F4N7O2. The third-order valence-electron chi connectivity index (χ3n) is 6.10. The highest BCUT2D eigenvalue weighted by atomic mass is 19.4. The minimum absolute atomic E-state index is 0.0534. The van der Waals surface area contributed by atoms with Gasteiger partial charge in [-0.15, -0.1) is 10.2 Å². The molecule has 1 aliphatic heterocycles. The summed E-state index contributed by atoms with van der Waals surface area (Å²) in [7, 11) is 1.50. The van der Waals surface area contributed by atoms with Crippen LogP contribution in [0, 0.1) is 12.7 Å². The van der Waals surface area contributed by atoms with Crippen LogP contribution in [-0.4, -0.2) is 55.7 Å². The van der Waals surface area contributed by atoms with E-state index in [-0.39, 0.29) is 24.1 Å². The third kappa shape index (κ3) is 4.76. The van der Waals surface area contributed by atoms with E-state index in [4.69, 9.17) is 4.74 Å². The molecule has 3 heterocycles. The Kier molecular flexibility index (Phi) is 6.13. The molecule has 2 aromatic carbocycles. The maximum Gasteiger partial charge on any atom is 0.406 e. The predicted octanol–water partition coefficient (Wildman–Crippen LogP) is 4.06. The zero-order valence-corrected chi connectivity index (χ0v) is 19.8. The van der Waals surface area contributed by atoms with Crippen LogP contribution >= 0.6 is 0 Å². The number of aromatic nitrogens is 6. The number of alkyl halides is 3. The number of methoxy groups -OCH3 is 1. The Morgan fingerprint density at radius 1 is 1.08 bits per heavy atom. The van der Waals surface area contributed by atoms with Crippen molar-refractivity contribution in [3.05, 3.63) is 65.9 Å². The average Bonchev–Trinajstić information content (AvgIpc) is 3.49. The summed E-state index contributed by atoms with van der Waals surface area (Å²) in [6, 6.07) is 7.88. The van der Waals surface area contributed by atoms with Gasteiger partial charge in [0, 0.05) is 11.1 Å². The first kappa shape index (κ1) is 24.4. The lowest BCUT2D eigenvalue weighted by atomic mass is 10.1. The molecule has 1 aliphatic rings. The van der Waals surface area contributed by atoms with Crippen LogP contribution in [0.4, 0.5) is 23.2 Å². The lowest BCUT2D eigenvalue weighted by molar-refractivity contribution is -0.134. The second kappa shape index (κ2) is 9.30. The number of nitrogens with zero attached hydrogens (tertiary/aromatic N) is 7. The Balaban J connectivity index is 1.48. The van der Waals surface area contributed by atoms with E-state index < -0.39 is 30.5 Å². The van der Waals surface area contributed by atoms with Crippen molar-refractivity contribution in [3.63, 3.8) is 0 Å². The standard InChI is InChI=1S/C24H21F4N7O2/c1-14-11-34(31-29-14)20-8-6-15(10-22(20)37-2)18-12-35(32-30-18)21-9-7-16-17(25)4-3-5-19(16)33(23(21)36)13-24(26,27)28/h3-6,8,10-12,21H,7,9,13H2,1-2H3/t21-/m0/s1. The molecule has 0 unspecified atom stereocenters. The van der Waals surface area contributed by atoms with Crippen molar-refractivity contribution in [1.82, 2.24) is 30.0 Å². The van der Waals surface area contributed by atoms with Gasteiger partial charge in [-0.05, 0) is 44.0 Å². The van der Waals surface area contributed by atoms with E-state index in [9.17, 15) is 22.4 Å². The van der Waals surface area contributed by atoms with Crippen LogP contribution in [0.5, 0.6) is 5.75 Å². The predicted molar refractivity (Wildman–Crippen MR) is 124 cm³/mol. The largest absolute Gasteiger partial charge is 0.494 e. The van der Waals surface area contributed by atoms with E-state index in [0.29, 0.717) is 27.6 Å². The zero-order valence-electron chi connectivity index (χ0n) is 19.8. The molecule has 192 valence electrons. The number of hydrogen-bond donors (Lipinski definition) is 0. The van der Waals surface area contributed by atoms with Gasteiger partial charge in [0.2, 0.25) is 0 Å². The van der Waals surface area contributed by atoms with Crippen molar-refractivity contribution in [2.24, 2.45) is 0 Å². The van der Waals surface area contributed by atoms with Crippen molar-refractivity contribution < 1.29 is 27.1 Å². The number of hydrogen-bond acceptors (Lipinski definition) is 6. The minimum atomic E-state index is -4.68. The zero-order chi connectivity index (χ0) is 26.3. The van der Waals surface area contributed by atoms with Gasteiger partial charge in [0.1, 0.15) is 35.5 Å². The fraction of sp³-hybridized carbons (Fsp3) is 0.292. The van der Waals surface area contributed by atoms with Gasteiger partial charge in [-0.1, -0.05) is 22.6 Å². The summed E-state index contributed by atoms with van der Waals surface area (Å²) in [5.74, 6) is -1.02. The molecule has 0 N–H and O–H groups in total. The highest BCUT2D eigenvalue weighted by Gasteiger charge is 2.40. The Morgan fingerprint density at radius 2 is 1.89 bits per heavy atom. The monoisotopic (exact) mass is 515 g/mol. The number of carbonyl (C=O) groups excluding carboxylic acids is 1. The number of aryl methyl sites for hydroxylation is 1. The van der Waals surface area contributed by atoms with Crippen molar-refractivity contribution in [2.75, 3.05) is 18.6 Å². The summed E-state index contributed by atoms with van der Waals surface area (Å²) < 4.78 is 62.9. The molecule has 2 aromatic heterocycles. The highest BCUT2D eigenvalue weighted by Crippen LogP contribution is 2.35. The third-order valence-corrected chi connectivity index (χ3v) is 6.10. The molecule has 9 nitrogen and oxygen atoms in total. The smallest absolute Gasteiger partial charge is 0.406 e. The maximum absolute atomic E-state index is 14.5. The van der Waals surface area contributed by atoms with Crippen molar-refractivity contribution in [3.8, 4) is 22.7 Å². The molecule has 0 radical (unpaired) electrons. The summed E-state index contributed by atoms with van der Waals surface area (Å²) in [5, 5.41) is 16.2. The summed E-state index contributed by atoms with van der Waals surface area (Å²) in [6.07, 6.45) is -1.35. The van der Waals surface area contributed by atoms with E-state index in [1.54, 1.807) is 36.0 Å². The van der Waals surface area contributed by atoms with Gasteiger partial charge in [-0.2, -0.15) is 13.2 Å². The van der Waals surface area contributed by atoms with Crippen LogP contribution < -0.4 is 9.64 Å². The maximum atomic E-state index is 14.5. The molecule has 0 aliphatic carbocycles. The van der Waals surface area contributed by atoms with Gasteiger partial charge < -0.3 is 9.64 Å². The fourth-order valence-corrected chi connectivity index (χ4v) is 4.39. The number of benzene rings is 2. The molecule has 4 aromatic rings. The van der Waals surface area contributed by atoms with Crippen LogP contribution in [-0.2, 0) is 11.2 Å². The SMILES string of the molecule is COc1cc(-c2cn([C@H]3CCc4c(F)cccc4N(CC(F)(F)F)C3=O)nn2)ccc1-n1cc(C)nn1. The second-order valence-electron chi connectivity index (χ2n) is 8.61. The summed E-state index contributed by atoms with van der Waals surface area (Å²) in [4.78, 5) is 13.9. The van der Waals surface area contributed by atoms with Crippen LogP contribution in [0.1, 0.15) is 23.7 Å². The molecule has 13 heteroatoms. The molecule has 1 amide bonds. The van der Waals surface area contributed by atoms with Crippen LogP contribution in [0.25, 0.3) is 16.9 Å². The number of anilines is 1.